The number of carboxylic acid groups (broad SMARTS) is 1. The Labute approximate surface area is 104 Å². The summed E-state index contributed by atoms with van der Waals surface area (Å²) in [5.41, 5.74) is -1.13. The minimum Gasteiger partial charge on any atom is -0.479 e. The Kier molecular flexibility index (Phi) is 2.92. The number of aliphatic carboxylic acids is 1. The van der Waals surface area contributed by atoms with Crippen molar-refractivity contribution in [3.05, 3.63) is 48.0 Å². The number of carbonyl (C=O) groups is 2. The van der Waals surface area contributed by atoms with Crippen molar-refractivity contribution in [2.75, 3.05) is 0 Å². The van der Waals surface area contributed by atoms with E-state index in [2.05, 4.69) is 11.9 Å². The van der Waals surface area contributed by atoms with E-state index in [9.17, 15) is 19.8 Å². The van der Waals surface area contributed by atoms with Crippen LogP contribution in [0.15, 0.2) is 42.5 Å². The number of aliphatic hydroxyl groups is 1. The zero-order valence-corrected chi connectivity index (χ0v) is 9.59. The molecule has 5 nitrogen and oxygen atoms in total. The molecule has 1 fully saturated rings. The van der Waals surface area contributed by atoms with Crippen LogP contribution in [-0.4, -0.2) is 33.7 Å². The van der Waals surface area contributed by atoms with Gasteiger partial charge in [0.25, 0.3) is 0 Å². The van der Waals surface area contributed by atoms with Crippen molar-refractivity contribution in [2.24, 2.45) is 0 Å². The van der Waals surface area contributed by atoms with E-state index >= 15 is 0 Å². The van der Waals surface area contributed by atoms with Crippen molar-refractivity contribution in [3.8, 4) is 0 Å². The summed E-state index contributed by atoms with van der Waals surface area (Å²) >= 11 is 0. The van der Waals surface area contributed by atoms with Gasteiger partial charge in [-0.15, -0.1) is 0 Å². The van der Waals surface area contributed by atoms with E-state index in [1.807, 2.05) is 0 Å². The van der Waals surface area contributed by atoms with Gasteiger partial charge in [-0.3, -0.25) is 4.79 Å². The average molecular weight is 247 g/mol. The predicted octanol–water partition coefficient (Wildman–Crippen LogP) is 0.0994. The van der Waals surface area contributed by atoms with Gasteiger partial charge >= 0.3 is 5.97 Å². The van der Waals surface area contributed by atoms with E-state index < -0.39 is 23.5 Å². The third kappa shape index (κ3) is 1.78. The molecule has 1 aromatic rings. The summed E-state index contributed by atoms with van der Waals surface area (Å²) < 4.78 is 0. The molecule has 2 atom stereocenters. The number of rotatable bonds is 3. The predicted molar refractivity (Wildman–Crippen MR) is 63.8 cm³/mol. The molecule has 0 radical (unpaired) electrons. The molecule has 0 aliphatic carbocycles. The SMILES string of the molecule is C=C1C(=O)N[C@](Cc2ccccc2)(C(=O)O)[C@@H]1O. The molecule has 94 valence electrons. The first-order chi connectivity index (χ1) is 8.47. The molecule has 0 saturated carbocycles. The average Bonchev–Trinajstić information content (AvgIpc) is 2.56. The lowest BCUT2D eigenvalue weighted by Gasteiger charge is -2.27. The lowest BCUT2D eigenvalue weighted by molar-refractivity contribution is -0.148. The number of carboxylic acids is 1. The summed E-state index contributed by atoms with van der Waals surface area (Å²) in [7, 11) is 0. The van der Waals surface area contributed by atoms with Gasteiger partial charge in [0, 0.05) is 12.0 Å². The molecule has 0 bridgehead atoms. The third-order valence-corrected chi connectivity index (χ3v) is 3.13. The summed E-state index contributed by atoms with van der Waals surface area (Å²) in [6.45, 7) is 3.41. The van der Waals surface area contributed by atoms with E-state index in [0.29, 0.717) is 5.56 Å². The van der Waals surface area contributed by atoms with Crippen LogP contribution in [-0.2, 0) is 16.0 Å². The number of amides is 1. The minimum absolute atomic E-state index is 0.00903. The number of hydrogen-bond donors (Lipinski definition) is 3. The summed E-state index contributed by atoms with van der Waals surface area (Å²) in [5.74, 6) is -1.90. The first-order valence-electron chi connectivity index (χ1n) is 5.44. The van der Waals surface area contributed by atoms with Gasteiger partial charge in [0.1, 0.15) is 6.10 Å². The molecular formula is C13H13NO4. The van der Waals surface area contributed by atoms with E-state index in [4.69, 9.17) is 0 Å². The molecule has 0 aromatic heterocycles. The van der Waals surface area contributed by atoms with Crippen LogP contribution in [0.2, 0.25) is 0 Å². The normalized spacial score (nSPS) is 27.1. The summed E-state index contributed by atoms with van der Waals surface area (Å²) in [6, 6.07) is 8.82. The molecule has 0 unspecified atom stereocenters. The Morgan fingerprint density at radius 3 is 2.44 bits per heavy atom. The van der Waals surface area contributed by atoms with Crippen molar-refractivity contribution >= 4 is 11.9 Å². The monoisotopic (exact) mass is 247 g/mol. The highest BCUT2D eigenvalue weighted by Crippen LogP contribution is 2.28. The summed E-state index contributed by atoms with van der Waals surface area (Å²) in [4.78, 5) is 22.9. The Hall–Kier alpha value is -2.14. The highest BCUT2D eigenvalue weighted by Gasteiger charge is 2.54. The van der Waals surface area contributed by atoms with Gasteiger partial charge < -0.3 is 15.5 Å². The highest BCUT2D eigenvalue weighted by molar-refractivity contribution is 6.03. The maximum absolute atomic E-state index is 11.5. The number of benzene rings is 1. The molecule has 1 heterocycles. The van der Waals surface area contributed by atoms with Crippen LogP contribution in [0.1, 0.15) is 5.56 Å². The van der Waals surface area contributed by atoms with Crippen molar-refractivity contribution in [2.45, 2.75) is 18.1 Å². The first kappa shape index (κ1) is 12.3. The fourth-order valence-electron chi connectivity index (χ4n) is 2.08. The smallest absolute Gasteiger partial charge is 0.332 e. The molecule has 1 aromatic carbocycles. The number of nitrogens with one attached hydrogen (secondary N) is 1. The standard InChI is InChI=1S/C13H13NO4/c1-8-10(15)13(12(17)18,14-11(8)16)7-9-5-3-2-4-6-9/h2-6,10,15H,1,7H2,(H,14,16)(H,17,18)/t10-,13+/m1/s1. The highest BCUT2D eigenvalue weighted by atomic mass is 16.4. The Bertz CT molecular complexity index is 511. The van der Waals surface area contributed by atoms with Crippen LogP contribution in [0, 0.1) is 0 Å². The van der Waals surface area contributed by atoms with Crippen LogP contribution in [0.25, 0.3) is 0 Å². The van der Waals surface area contributed by atoms with Crippen LogP contribution >= 0.6 is 0 Å². The number of hydrogen-bond acceptors (Lipinski definition) is 3. The molecule has 0 spiro atoms. The Morgan fingerprint density at radius 2 is 2.00 bits per heavy atom. The molecule has 1 saturated heterocycles. The molecule has 1 amide bonds. The Balaban J connectivity index is 2.38. The minimum atomic E-state index is -1.73. The second-order valence-corrected chi connectivity index (χ2v) is 4.32. The maximum Gasteiger partial charge on any atom is 0.332 e. The van der Waals surface area contributed by atoms with Gasteiger partial charge in [0.05, 0.1) is 0 Å². The molecule has 1 aliphatic heterocycles. The molecular weight excluding hydrogens is 234 g/mol. The third-order valence-electron chi connectivity index (χ3n) is 3.13. The topological polar surface area (TPSA) is 86.6 Å². The van der Waals surface area contributed by atoms with Crippen LogP contribution in [0.5, 0.6) is 0 Å². The van der Waals surface area contributed by atoms with Gasteiger partial charge in [0.15, 0.2) is 5.54 Å². The number of aliphatic hydroxyl groups excluding tert-OH is 1. The summed E-state index contributed by atoms with van der Waals surface area (Å²) in [6.07, 6.45) is -1.42. The van der Waals surface area contributed by atoms with Crippen molar-refractivity contribution in [1.29, 1.82) is 0 Å². The van der Waals surface area contributed by atoms with Gasteiger partial charge in [-0.25, -0.2) is 4.79 Å². The molecule has 1 aliphatic rings. The van der Waals surface area contributed by atoms with Gasteiger partial charge in [-0.05, 0) is 5.56 Å². The molecule has 18 heavy (non-hydrogen) atoms. The van der Waals surface area contributed by atoms with Gasteiger partial charge in [-0.2, -0.15) is 0 Å². The van der Waals surface area contributed by atoms with Gasteiger partial charge in [0.2, 0.25) is 5.91 Å². The van der Waals surface area contributed by atoms with Crippen LogP contribution < -0.4 is 5.32 Å². The largest absolute Gasteiger partial charge is 0.479 e. The Morgan fingerprint density at radius 1 is 1.39 bits per heavy atom. The second kappa shape index (κ2) is 4.27. The van der Waals surface area contributed by atoms with Crippen molar-refractivity contribution < 1.29 is 19.8 Å². The van der Waals surface area contributed by atoms with Crippen molar-refractivity contribution in [1.82, 2.24) is 5.32 Å². The van der Waals surface area contributed by atoms with E-state index in [-0.39, 0.29) is 12.0 Å². The second-order valence-electron chi connectivity index (χ2n) is 4.32. The molecule has 5 heteroatoms. The zero-order chi connectivity index (χ0) is 13.3. The quantitative estimate of drug-likeness (QED) is 0.661. The lowest BCUT2D eigenvalue weighted by atomic mass is 9.86. The van der Waals surface area contributed by atoms with Crippen molar-refractivity contribution in [3.63, 3.8) is 0 Å². The van der Waals surface area contributed by atoms with E-state index in [0.717, 1.165) is 0 Å². The first-order valence-corrected chi connectivity index (χ1v) is 5.44. The van der Waals surface area contributed by atoms with E-state index in [1.165, 1.54) is 0 Å². The fraction of sp³-hybridized carbons (Fsp3) is 0.231. The molecule has 3 N–H and O–H groups in total. The molecule has 2 rings (SSSR count). The lowest BCUT2D eigenvalue weighted by Crippen LogP contribution is -2.57. The van der Waals surface area contributed by atoms with Crippen LogP contribution in [0.4, 0.5) is 0 Å². The van der Waals surface area contributed by atoms with Gasteiger partial charge in [-0.1, -0.05) is 36.9 Å². The fourth-order valence-corrected chi connectivity index (χ4v) is 2.08. The summed E-state index contributed by atoms with van der Waals surface area (Å²) in [5, 5.41) is 21.6. The number of carbonyl (C=O) groups excluding carboxylic acids is 1. The maximum atomic E-state index is 11.5. The van der Waals surface area contributed by atoms with Crippen LogP contribution in [0.3, 0.4) is 0 Å². The van der Waals surface area contributed by atoms with E-state index in [1.54, 1.807) is 30.3 Å². The zero-order valence-electron chi connectivity index (χ0n) is 9.59.